The van der Waals surface area contributed by atoms with Crippen molar-refractivity contribution in [2.24, 2.45) is 0 Å². The van der Waals surface area contributed by atoms with Gasteiger partial charge in [0.1, 0.15) is 18.0 Å². The van der Waals surface area contributed by atoms with E-state index in [1.54, 1.807) is 0 Å². The zero-order valence-electron chi connectivity index (χ0n) is 11.1. The van der Waals surface area contributed by atoms with Crippen molar-refractivity contribution >= 4 is 9.84 Å². The molecule has 0 aliphatic carbocycles. The molecule has 2 N–H and O–H groups in total. The van der Waals surface area contributed by atoms with Crippen LogP contribution in [0.2, 0.25) is 0 Å². The van der Waals surface area contributed by atoms with Gasteiger partial charge in [-0.2, -0.15) is 0 Å². The van der Waals surface area contributed by atoms with Crippen LogP contribution in [0.15, 0.2) is 18.2 Å². The van der Waals surface area contributed by atoms with Gasteiger partial charge >= 0.3 is 0 Å². The van der Waals surface area contributed by atoms with Crippen LogP contribution in [0, 0.1) is 6.92 Å². The first-order chi connectivity index (χ1) is 8.93. The average molecular weight is 285 g/mol. The van der Waals surface area contributed by atoms with Gasteiger partial charge in [-0.15, -0.1) is 0 Å². The quantitative estimate of drug-likeness (QED) is 0.829. The van der Waals surface area contributed by atoms with Crippen molar-refractivity contribution in [3.05, 3.63) is 29.3 Å². The lowest BCUT2D eigenvalue weighted by atomic mass is 10.1. The molecular formula is C13H19NO4S. The molecule has 1 saturated heterocycles. The van der Waals surface area contributed by atoms with E-state index in [0.29, 0.717) is 12.3 Å². The summed E-state index contributed by atoms with van der Waals surface area (Å²) < 4.78 is 28.7. The molecule has 1 aromatic carbocycles. The molecule has 1 aliphatic rings. The molecule has 2 rings (SSSR count). The normalized spacial score (nSPS) is 25.4. The van der Waals surface area contributed by atoms with E-state index in [0.717, 1.165) is 11.1 Å². The molecule has 0 spiro atoms. The van der Waals surface area contributed by atoms with Gasteiger partial charge in [-0.1, -0.05) is 18.2 Å². The van der Waals surface area contributed by atoms with E-state index in [1.165, 1.54) is 0 Å². The molecule has 1 aromatic rings. The first kappa shape index (κ1) is 14.3. The molecule has 0 aromatic heterocycles. The van der Waals surface area contributed by atoms with Crippen molar-refractivity contribution in [2.45, 2.75) is 25.7 Å². The monoisotopic (exact) mass is 285 g/mol. The Labute approximate surface area is 113 Å². The lowest BCUT2D eigenvalue weighted by molar-refractivity contribution is 0.0726. The highest BCUT2D eigenvalue weighted by atomic mass is 32.2. The number of sulfone groups is 1. The zero-order valence-corrected chi connectivity index (χ0v) is 11.9. The van der Waals surface area contributed by atoms with Crippen LogP contribution in [0.25, 0.3) is 0 Å². The maximum absolute atomic E-state index is 11.5. The fourth-order valence-electron chi connectivity index (χ4n) is 2.27. The molecule has 5 nitrogen and oxygen atoms in total. The first-order valence-corrected chi connectivity index (χ1v) is 8.03. The fraction of sp³-hybridized carbons (Fsp3) is 0.538. The van der Waals surface area contributed by atoms with Crippen LogP contribution in [-0.2, 0) is 16.4 Å². The second-order valence-electron chi connectivity index (χ2n) is 4.89. The van der Waals surface area contributed by atoms with Gasteiger partial charge in [-0.25, -0.2) is 8.42 Å². The number of nitrogens with one attached hydrogen (secondary N) is 1. The minimum atomic E-state index is -3.19. The number of para-hydroxylation sites is 1. The van der Waals surface area contributed by atoms with Gasteiger partial charge in [0.2, 0.25) is 0 Å². The largest absolute Gasteiger partial charge is 0.486 e. The Bertz CT molecular complexity index is 556. The van der Waals surface area contributed by atoms with Crippen molar-refractivity contribution in [3.8, 4) is 5.75 Å². The molecule has 106 valence electrons. The summed E-state index contributed by atoms with van der Waals surface area (Å²) in [5.41, 5.74) is 1.89. The Hall–Kier alpha value is -1.11. The molecule has 0 radical (unpaired) electrons. The topological polar surface area (TPSA) is 75.6 Å². The maximum atomic E-state index is 11.5. The Kier molecular flexibility index (Phi) is 4.13. The number of benzene rings is 1. The van der Waals surface area contributed by atoms with Gasteiger partial charge in [-0.05, 0) is 19.5 Å². The smallest absolute Gasteiger partial charge is 0.156 e. The molecule has 0 saturated carbocycles. The molecule has 0 amide bonds. The molecule has 1 fully saturated rings. The Morgan fingerprint density at radius 3 is 2.74 bits per heavy atom. The van der Waals surface area contributed by atoms with Gasteiger partial charge in [0.15, 0.2) is 9.84 Å². The van der Waals surface area contributed by atoms with Crippen molar-refractivity contribution in [1.82, 2.24) is 5.32 Å². The summed E-state index contributed by atoms with van der Waals surface area (Å²) in [6.07, 6.45) is -1.63. The zero-order chi connectivity index (χ0) is 14.0. The molecule has 1 heterocycles. The average Bonchev–Trinajstić information content (AvgIpc) is 2.57. The van der Waals surface area contributed by atoms with E-state index in [4.69, 9.17) is 4.74 Å². The van der Waals surface area contributed by atoms with Crippen LogP contribution >= 0.6 is 0 Å². The van der Waals surface area contributed by atoms with Crippen molar-refractivity contribution in [3.63, 3.8) is 0 Å². The number of ether oxygens (including phenoxy) is 1. The highest BCUT2D eigenvalue weighted by molar-refractivity contribution is 7.91. The van der Waals surface area contributed by atoms with E-state index in [2.05, 4.69) is 5.32 Å². The summed E-state index contributed by atoms with van der Waals surface area (Å²) in [6.45, 7) is 2.54. The molecule has 1 aliphatic heterocycles. The number of rotatable bonds is 4. The van der Waals surface area contributed by atoms with Gasteiger partial charge in [0.05, 0.1) is 11.5 Å². The van der Waals surface area contributed by atoms with Crippen LogP contribution in [0.4, 0.5) is 0 Å². The van der Waals surface area contributed by atoms with E-state index >= 15 is 0 Å². The summed E-state index contributed by atoms with van der Waals surface area (Å²) in [5, 5.41) is 12.8. The van der Waals surface area contributed by atoms with E-state index in [-0.39, 0.29) is 11.5 Å². The molecule has 2 unspecified atom stereocenters. The second kappa shape index (κ2) is 5.48. The van der Waals surface area contributed by atoms with Crippen molar-refractivity contribution in [1.29, 1.82) is 0 Å². The van der Waals surface area contributed by atoms with E-state index < -0.39 is 22.0 Å². The predicted octanol–water partition coefficient (Wildman–Crippen LogP) is 0.251. The summed E-state index contributed by atoms with van der Waals surface area (Å²) >= 11 is 0. The minimum absolute atomic E-state index is 0.124. The number of hydrogen-bond donors (Lipinski definition) is 2. The predicted molar refractivity (Wildman–Crippen MR) is 73.0 cm³/mol. The number of aliphatic hydroxyl groups is 1. The molecule has 19 heavy (non-hydrogen) atoms. The Morgan fingerprint density at radius 1 is 1.42 bits per heavy atom. The van der Waals surface area contributed by atoms with Gasteiger partial charge in [-0.3, -0.25) is 0 Å². The third-order valence-corrected chi connectivity index (χ3v) is 4.89. The Balaban J connectivity index is 2.24. The highest BCUT2D eigenvalue weighted by Crippen LogP contribution is 2.27. The van der Waals surface area contributed by atoms with Crippen LogP contribution < -0.4 is 10.1 Å². The van der Waals surface area contributed by atoms with E-state index in [9.17, 15) is 13.5 Å². The van der Waals surface area contributed by atoms with Gasteiger partial charge in [0.25, 0.3) is 0 Å². The number of hydrogen-bond acceptors (Lipinski definition) is 5. The Morgan fingerprint density at radius 2 is 2.16 bits per heavy atom. The van der Waals surface area contributed by atoms with Crippen LogP contribution in [-0.4, -0.2) is 44.3 Å². The highest BCUT2D eigenvalue weighted by Gasteiger charge is 2.38. The summed E-state index contributed by atoms with van der Waals surface area (Å²) in [7, 11) is -1.36. The third kappa shape index (κ3) is 3.26. The number of aryl methyl sites for hydroxylation is 1. The summed E-state index contributed by atoms with van der Waals surface area (Å²) in [6, 6.07) is 5.76. The molecule has 6 heteroatoms. The summed E-state index contributed by atoms with van der Waals surface area (Å²) in [4.78, 5) is 0. The first-order valence-electron chi connectivity index (χ1n) is 6.21. The molecule has 2 atom stereocenters. The van der Waals surface area contributed by atoms with Crippen LogP contribution in [0.5, 0.6) is 5.75 Å². The molecular weight excluding hydrogens is 266 g/mol. The lowest BCUT2D eigenvalue weighted by Gasteiger charge is -2.20. The third-order valence-electron chi connectivity index (χ3n) is 3.20. The SMILES string of the molecule is CNCc1cccc(C)c1OC1CS(=O)(=O)CC1O. The molecule has 0 bridgehead atoms. The number of aliphatic hydroxyl groups excluding tert-OH is 1. The van der Waals surface area contributed by atoms with Gasteiger partial charge < -0.3 is 15.2 Å². The van der Waals surface area contributed by atoms with Crippen LogP contribution in [0.3, 0.4) is 0 Å². The van der Waals surface area contributed by atoms with E-state index in [1.807, 2.05) is 32.2 Å². The lowest BCUT2D eigenvalue weighted by Crippen LogP contribution is -2.30. The minimum Gasteiger partial charge on any atom is -0.486 e. The van der Waals surface area contributed by atoms with Crippen molar-refractivity contribution in [2.75, 3.05) is 18.6 Å². The van der Waals surface area contributed by atoms with Gasteiger partial charge in [0, 0.05) is 12.1 Å². The maximum Gasteiger partial charge on any atom is 0.156 e. The second-order valence-corrected chi connectivity index (χ2v) is 7.05. The summed E-state index contributed by atoms with van der Waals surface area (Å²) in [5.74, 6) is 0.324. The van der Waals surface area contributed by atoms with Crippen LogP contribution in [0.1, 0.15) is 11.1 Å². The fourth-order valence-corrected chi connectivity index (χ4v) is 3.93. The van der Waals surface area contributed by atoms with Crippen molar-refractivity contribution < 1.29 is 18.3 Å². The standard InChI is InChI=1S/C13H19NO4S/c1-9-4-3-5-10(6-14-2)13(9)18-12-8-19(16,17)7-11(12)15/h3-5,11-12,14-15H,6-8H2,1-2H3.